The van der Waals surface area contributed by atoms with Gasteiger partial charge in [0.1, 0.15) is 5.82 Å². The molecule has 0 saturated carbocycles. The number of imidazole rings is 1. The van der Waals surface area contributed by atoms with E-state index in [1.54, 1.807) is 25.1 Å². The van der Waals surface area contributed by atoms with Crippen molar-refractivity contribution >= 4 is 57.6 Å². The molecular formula is C16H12Cl2FN3OS. The first kappa shape index (κ1) is 17.1. The van der Waals surface area contributed by atoms with Gasteiger partial charge in [0.25, 0.3) is 0 Å². The SMILES string of the molecule is CC(Sc1nc2ccc(Cl)cc2[nH]1)C(=O)Nc1ccc(Cl)cc1F. The second kappa shape index (κ2) is 7.01. The van der Waals surface area contributed by atoms with Gasteiger partial charge >= 0.3 is 0 Å². The van der Waals surface area contributed by atoms with Gasteiger partial charge in [0.2, 0.25) is 5.91 Å². The summed E-state index contributed by atoms with van der Waals surface area (Å²) in [5.74, 6) is -0.911. The molecule has 1 aromatic heterocycles. The third-order valence-corrected chi connectivity index (χ3v) is 4.72. The van der Waals surface area contributed by atoms with Crippen LogP contribution in [0.3, 0.4) is 0 Å². The van der Waals surface area contributed by atoms with Gasteiger partial charge in [-0.1, -0.05) is 35.0 Å². The van der Waals surface area contributed by atoms with E-state index < -0.39 is 11.1 Å². The number of rotatable bonds is 4. The Morgan fingerprint density at radius 1 is 1.25 bits per heavy atom. The first-order valence-corrected chi connectivity index (χ1v) is 8.64. The minimum Gasteiger partial charge on any atom is -0.333 e. The molecule has 0 aliphatic carbocycles. The van der Waals surface area contributed by atoms with Crippen LogP contribution in [0.15, 0.2) is 41.6 Å². The largest absolute Gasteiger partial charge is 0.333 e. The lowest BCUT2D eigenvalue weighted by molar-refractivity contribution is -0.115. The average Bonchev–Trinajstić information content (AvgIpc) is 2.91. The number of thioether (sulfide) groups is 1. The molecule has 2 N–H and O–H groups in total. The molecule has 1 unspecified atom stereocenters. The quantitative estimate of drug-likeness (QED) is 0.614. The molecule has 2 aromatic carbocycles. The van der Waals surface area contributed by atoms with Crippen molar-refractivity contribution in [2.75, 3.05) is 5.32 Å². The van der Waals surface area contributed by atoms with Crippen LogP contribution in [-0.2, 0) is 4.79 Å². The molecule has 124 valence electrons. The van der Waals surface area contributed by atoms with Crippen molar-refractivity contribution in [2.24, 2.45) is 0 Å². The van der Waals surface area contributed by atoms with E-state index in [0.29, 0.717) is 10.2 Å². The lowest BCUT2D eigenvalue weighted by atomic mass is 10.3. The number of nitrogens with zero attached hydrogens (tertiary/aromatic N) is 1. The Balaban J connectivity index is 1.70. The second-order valence-corrected chi connectivity index (χ2v) is 7.28. The number of amides is 1. The minimum atomic E-state index is -0.577. The maximum Gasteiger partial charge on any atom is 0.237 e. The van der Waals surface area contributed by atoms with Crippen molar-refractivity contribution in [1.82, 2.24) is 9.97 Å². The molecule has 8 heteroatoms. The lowest BCUT2D eigenvalue weighted by Gasteiger charge is -2.11. The number of H-pyrrole nitrogens is 1. The van der Waals surface area contributed by atoms with E-state index in [0.717, 1.165) is 17.1 Å². The molecule has 4 nitrogen and oxygen atoms in total. The monoisotopic (exact) mass is 383 g/mol. The van der Waals surface area contributed by atoms with Crippen molar-refractivity contribution in [2.45, 2.75) is 17.3 Å². The molecule has 24 heavy (non-hydrogen) atoms. The lowest BCUT2D eigenvalue weighted by Crippen LogP contribution is -2.23. The third-order valence-electron chi connectivity index (χ3n) is 3.27. The van der Waals surface area contributed by atoms with Gasteiger partial charge in [-0.25, -0.2) is 9.37 Å². The summed E-state index contributed by atoms with van der Waals surface area (Å²) in [6.45, 7) is 1.72. The van der Waals surface area contributed by atoms with Gasteiger partial charge < -0.3 is 10.3 Å². The Bertz CT molecular complexity index is 915. The highest BCUT2D eigenvalue weighted by molar-refractivity contribution is 8.00. The van der Waals surface area contributed by atoms with E-state index in [1.165, 1.54) is 23.9 Å². The summed E-state index contributed by atoms with van der Waals surface area (Å²) >= 11 is 12.9. The van der Waals surface area contributed by atoms with Gasteiger partial charge in [-0.05, 0) is 43.3 Å². The number of aromatic amines is 1. The predicted molar refractivity (Wildman–Crippen MR) is 96.5 cm³/mol. The standard InChI is InChI=1S/C16H12Cl2FN3OS/c1-8(15(23)20-12-4-2-9(17)6-11(12)19)24-16-21-13-5-3-10(18)7-14(13)22-16/h2-8H,1H3,(H,20,23)(H,21,22). The highest BCUT2D eigenvalue weighted by Gasteiger charge is 2.18. The fraction of sp³-hybridized carbons (Fsp3) is 0.125. The third kappa shape index (κ3) is 3.83. The van der Waals surface area contributed by atoms with E-state index >= 15 is 0 Å². The van der Waals surface area contributed by atoms with Crippen LogP contribution in [0.2, 0.25) is 10.0 Å². The molecule has 0 saturated heterocycles. The smallest absolute Gasteiger partial charge is 0.237 e. The van der Waals surface area contributed by atoms with Crippen LogP contribution in [-0.4, -0.2) is 21.1 Å². The van der Waals surface area contributed by atoms with E-state index in [1.807, 2.05) is 0 Å². The number of anilines is 1. The molecule has 1 amide bonds. The van der Waals surface area contributed by atoms with Gasteiger partial charge in [0.05, 0.1) is 22.0 Å². The molecule has 3 aromatic rings. The van der Waals surface area contributed by atoms with Crippen LogP contribution in [0, 0.1) is 5.82 Å². The van der Waals surface area contributed by atoms with Gasteiger partial charge in [0.15, 0.2) is 5.16 Å². The van der Waals surface area contributed by atoms with Crippen molar-refractivity contribution in [3.05, 3.63) is 52.3 Å². The van der Waals surface area contributed by atoms with Crippen LogP contribution < -0.4 is 5.32 Å². The molecule has 0 fully saturated rings. The number of halogens is 3. The summed E-state index contributed by atoms with van der Waals surface area (Å²) in [5.41, 5.74) is 1.65. The van der Waals surface area contributed by atoms with Crippen LogP contribution in [0.5, 0.6) is 0 Å². The summed E-state index contributed by atoms with van der Waals surface area (Å²) in [5, 5.41) is 3.53. The van der Waals surface area contributed by atoms with E-state index in [-0.39, 0.29) is 16.6 Å². The Labute approximate surface area is 151 Å². The number of fused-ring (bicyclic) bond motifs is 1. The summed E-state index contributed by atoms with van der Waals surface area (Å²) < 4.78 is 13.7. The van der Waals surface area contributed by atoms with Crippen LogP contribution in [0.25, 0.3) is 11.0 Å². The van der Waals surface area contributed by atoms with E-state index in [2.05, 4.69) is 15.3 Å². The van der Waals surface area contributed by atoms with Gasteiger partial charge in [-0.3, -0.25) is 4.79 Å². The van der Waals surface area contributed by atoms with Gasteiger partial charge in [-0.2, -0.15) is 0 Å². The molecule has 0 spiro atoms. The average molecular weight is 384 g/mol. The molecule has 0 aliphatic rings. The Kier molecular flexibility index (Phi) is 4.99. The first-order valence-electron chi connectivity index (χ1n) is 7.00. The number of carbonyl (C=O) groups excluding carboxylic acids is 1. The maximum atomic E-state index is 13.7. The molecule has 3 rings (SSSR count). The fourth-order valence-electron chi connectivity index (χ4n) is 2.06. The number of hydrogen-bond acceptors (Lipinski definition) is 3. The Hall–Kier alpha value is -1.76. The molecule has 1 atom stereocenters. The summed E-state index contributed by atoms with van der Waals surface area (Å²) in [4.78, 5) is 19.7. The molecule has 0 aliphatic heterocycles. The minimum absolute atomic E-state index is 0.0910. The van der Waals surface area contributed by atoms with E-state index in [4.69, 9.17) is 23.2 Å². The zero-order chi connectivity index (χ0) is 17.3. The number of benzene rings is 2. The topological polar surface area (TPSA) is 57.8 Å². The summed E-state index contributed by atoms with van der Waals surface area (Å²) in [7, 11) is 0. The normalized spacial score (nSPS) is 12.3. The molecule has 0 bridgehead atoms. The van der Waals surface area contributed by atoms with Gasteiger partial charge in [0, 0.05) is 10.0 Å². The first-order chi connectivity index (χ1) is 11.4. The molecular weight excluding hydrogens is 372 g/mol. The summed E-state index contributed by atoms with van der Waals surface area (Å²) in [6.07, 6.45) is 0. The van der Waals surface area contributed by atoms with Crippen LogP contribution in [0.1, 0.15) is 6.92 Å². The predicted octanol–water partition coefficient (Wildman–Crippen LogP) is 5.13. The number of nitrogens with one attached hydrogen (secondary N) is 2. The zero-order valence-corrected chi connectivity index (χ0v) is 14.8. The fourth-order valence-corrected chi connectivity index (χ4v) is 3.21. The van der Waals surface area contributed by atoms with E-state index in [9.17, 15) is 9.18 Å². The van der Waals surface area contributed by atoms with Crippen molar-refractivity contribution in [3.63, 3.8) is 0 Å². The Morgan fingerprint density at radius 3 is 2.71 bits per heavy atom. The zero-order valence-electron chi connectivity index (χ0n) is 12.4. The Morgan fingerprint density at radius 2 is 1.96 bits per heavy atom. The summed E-state index contributed by atoms with van der Waals surface area (Å²) in [6, 6.07) is 9.40. The van der Waals surface area contributed by atoms with Gasteiger partial charge in [-0.15, -0.1) is 0 Å². The number of aromatic nitrogens is 2. The van der Waals surface area contributed by atoms with Crippen molar-refractivity contribution < 1.29 is 9.18 Å². The number of hydrogen-bond donors (Lipinski definition) is 2. The second-order valence-electron chi connectivity index (χ2n) is 5.08. The highest BCUT2D eigenvalue weighted by atomic mass is 35.5. The molecule has 0 radical (unpaired) electrons. The van der Waals surface area contributed by atoms with Crippen LogP contribution in [0.4, 0.5) is 10.1 Å². The maximum absolute atomic E-state index is 13.7. The van der Waals surface area contributed by atoms with Crippen molar-refractivity contribution in [1.29, 1.82) is 0 Å². The number of carbonyl (C=O) groups is 1. The highest BCUT2D eigenvalue weighted by Crippen LogP contribution is 2.26. The molecule has 1 heterocycles. The van der Waals surface area contributed by atoms with Crippen LogP contribution >= 0.6 is 35.0 Å². The van der Waals surface area contributed by atoms with Crippen molar-refractivity contribution in [3.8, 4) is 0 Å².